The molecule has 0 saturated carbocycles. The Balaban J connectivity index is 1.48. The summed E-state index contributed by atoms with van der Waals surface area (Å²) in [6, 6.07) is 22.0. The highest BCUT2D eigenvalue weighted by atomic mass is 35.5. The number of anilines is 1. The molecule has 1 aliphatic heterocycles. The number of rotatable bonds is 5. The lowest BCUT2D eigenvalue weighted by Crippen LogP contribution is -2.30. The second-order valence-corrected chi connectivity index (χ2v) is 10.7. The predicted molar refractivity (Wildman–Crippen MR) is 154 cm³/mol. The van der Waals surface area contributed by atoms with Gasteiger partial charge in [0.15, 0.2) is 17.3 Å². The maximum atomic E-state index is 14.0. The molecule has 0 unspecified atom stereocenters. The van der Waals surface area contributed by atoms with Gasteiger partial charge in [-0.1, -0.05) is 47.5 Å². The molecule has 3 aromatic carbocycles. The molecule has 2 heterocycles. The number of halogens is 1. The van der Waals surface area contributed by atoms with Gasteiger partial charge in [-0.2, -0.15) is 5.10 Å². The average Bonchev–Trinajstić information content (AvgIpc) is 3.28. The zero-order valence-corrected chi connectivity index (χ0v) is 23.2. The van der Waals surface area contributed by atoms with E-state index in [-0.39, 0.29) is 17.6 Å². The van der Waals surface area contributed by atoms with E-state index in [1.165, 1.54) is 5.56 Å². The van der Waals surface area contributed by atoms with E-state index in [0.717, 1.165) is 45.2 Å². The molecule has 0 radical (unpaired) electrons. The Labute approximate surface area is 233 Å². The number of Topliss-reactive ketones (excluding diaryl/α,β-unsaturated/α-hetero) is 1. The summed E-state index contributed by atoms with van der Waals surface area (Å²) in [7, 11) is 3.25. The number of hydrogen-bond acceptors (Lipinski definition) is 5. The third-order valence-electron chi connectivity index (χ3n) is 7.82. The number of fused-ring (bicyclic) bond motifs is 1. The van der Waals surface area contributed by atoms with Gasteiger partial charge in [0.2, 0.25) is 0 Å². The number of aryl methyl sites for hydroxylation is 2. The summed E-state index contributed by atoms with van der Waals surface area (Å²) < 4.78 is 12.9. The fraction of sp³-hybridized carbons (Fsp3) is 0.250. The van der Waals surface area contributed by atoms with Crippen molar-refractivity contribution in [1.29, 1.82) is 0 Å². The first kappa shape index (κ1) is 25.3. The maximum absolute atomic E-state index is 14.0. The van der Waals surface area contributed by atoms with Crippen LogP contribution in [-0.4, -0.2) is 29.8 Å². The molecule has 6 rings (SSSR count). The fourth-order valence-electron chi connectivity index (χ4n) is 5.88. The lowest BCUT2D eigenvalue weighted by Gasteiger charge is -2.36. The molecule has 2 atom stereocenters. The van der Waals surface area contributed by atoms with E-state index in [0.29, 0.717) is 29.4 Å². The molecule has 0 saturated heterocycles. The second kappa shape index (κ2) is 9.93. The van der Waals surface area contributed by atoms with Crippen LogP contribution in [0.25, 0.3) is 5.69 Å². The number of ketones is 1. The average molecular weight is 540 g/mol. The summed E-state index contributed by atoms with van der Waals surface area (Å²) in [6.45, 7) is 4.08. The number of ether oxygens (including phenoxy) is 2. The van der Waals surface area contributed by atoms with Crippen molar-refractivity contribution in [2.24, 2.45) is 0 Å². The van der Waals surface area contributed by atoms with E-state index in [1.807, 2.05) is 54.1 Å². The maximum Gasteiger partial charge on any atom is 0.162 e. The molecular weight excluding hydrogens is 510 g/mol. The first-order valence-electron chi connectivity index (χ1n) is 13.0. The summed E-state index contributed by atoms with van der Waals surface area (Å²) in [5.41, 5.74) is 7.89. The van der Waals surface area contributed by atoms with Crippen LogP contribution in [0.5, 0.6) is 11.5 Å². The Morgan fingerprint density at radius 1 is 0.897 bits per heavy atom. The van der Waals surface area contributed by atoms with Crippen LogP contribution in [0.1, 0.15) is 52.6 Å². The van der Waals surface area contributed by atoms with E-state index in [1.54, 1.807) is 14.2 Å². The number of carbonyl (C=O) groups excluding carboxylic acids is 1. The van der Waals surface area contributed by atoms with Crippen molar-refractivity contribution in [3.63, 3.8) is 0 Å². The molecular formula is C32H30ClN3O3. The highest BCUT2D eigenvalue weighted by molar-refractivity contribution is 6.30. The van der Waals surface area contributed by atoms with Gasteiger partial charge in [-0.25, -0.2) is 4.68 Å². The number of hydrogen-bond donors (Lipinski definition) is 1. The predicted octanol–water partition coefficient (Wildman–Crippen LogP) is 7.12. The van der Waals surface area contributed by atoms with Crippen molar-refractivity contribution in [3.8, 4) is 17.2 Å². The van der Waals surface area contributed by atoms with Crippen LogP contribution in [0.15, 0.2) is 78.0 Å². The number of methoxy groups -OCH3 is 2. The molecule has 1 N–H and O–H groups in total. The van der Waals surface area contributed by atoms with Crippen molar-refractivity contribution in [2.75, 3.05) is 19.5 Å². The Hall–Kier alpha value is -4.03. The van der Waals surface area contributed by atoms with E-state index >= 15 is 0 Å². The highest BCUT2D eigenvalue weighted by Gasteiger charge is 2.41. The van der Waals surface area contributed by atoms with Crippen molar-refractivity contribution in [3.05, 3.63) is 111 Å². The van der Waals surface area contributed by atoms with Gasteiger partial charge in [-0.15, -0.1) is 0 Å². The minimum absolute atomic E-state index is 0.00724. The monoisotopic (exact) mass is 539 g/mol. The van der Waals surface area contributed by atoms with Gasteiger partial charge in [0, 0.05) is 34.2 Å². The smallest absolute Gasteiger partial charge is 0.162 e. The van der Waals surface area contributed by atoms with E-state index in [2.05, 4.69) is 36.5 Å². The third kappa shape index (κ3) is 4.39. The van der Waals surface area contributed by atoms with Gasteiger partial charge in [0.05, 0.1) is 25.6 Å². The summed E-state index contributed by atoms with van der Waals surface area (Å²) in [4.78, 5) is 14.0. The normalized spacial score (nSPS) is 18.3. The van der Waals surface area contributed by atoms with Gasteiger partial charge in [0.1, 0.15) is 5.82 Å². The SMILES string of the molecule is COc1ccc([C@H]2CC(=O)C3=C(C2)Nc2c(c(C)nn2-c2ccc(C)cc2)[C@H]3c2ccc(Cl)cc2)cc1OC. The topological polar surface area (TPSA) is 65.4 Å². The number of benzene rings is 3. The largest absolute Gasteiger partial charge is 0.493 e. The van der Waals surface area contributed by atoms with Crippen molar-refractivity contribution in [1.82, 2.24) is 9.78 Å². The molecule has 39 heavy (non-hydrogen) atoms. The number of aromatic nitrogens is 2. The van der Waals surface area contributed by atoms with Crippen LogP contribution in [0, 0.1) is 13.8 Å². The number of carbonyl (C=O) groups is 1. The Kier molecular flexibility index (Phi) is 6.43. The summed E-state index contributed by atoms with van der Waals surface area (Å²) in [6.07, 6.45) is 1.11. The number of nitrogens with zero attached hydrogens (tertiary/aromatic N) is 2. The van der Waals surface area contributed by atoms with Crippen molar-refractivity contribution in [2.45, 2.75) is 38.5 Å². The molecule has 0 spiro atoms. The van der Waals surface area contributed by atoms with Crippen LogP contribution in [0.3, 0.4) is 0 Å². The number of allylic oxidation sites excluding steroid dienone is 2. The van der Waals surface area contributed by atoms with Gasteiger partial charge < -0.3 is 14.8 Å². The summed E-state index contributed by atoms with van der Waals surface area (Å²) >= 11 is 6.25. The Bertz CT molecular complexity index is 1600. The van der Waals surface area contributed by atoms with Crippen LogP contribution < -0.4 is 14.8 Å². The molecule has 6 nitrogen and oxygen atoms in total. The summed E-state index contributed by atoms with van der Waals surface area (Å²) in [5.74, 6) is 2.14. The number of nitrogens with one attached hydrogen (secondary N) is 1. The van der Waals surface area contributed by atoms with Crippen LogP contribution in [0.4, 0.5) is 5.82 Å². The Morgan fingerprint density at radius 2 is 1.59 bits per heavy atom. The van der Waals surface area contributed by atoms with Crippen LogP contribution >= 0.6 is 11.6 Å². The first-order valence-corrected chi connectivity index (χ1v) is 13.4. The molecule has 2 aliphatic rings. The highest BCUT2D eigenvalue weighted by Crippen LogP contribution is 2.50. The van der Waals surface area contributed by atoms with Crippen molar-refractivity contribution >= 4 is 23.2 Å². The minimum Gasteiger partial charge on any atom is -0.493 e. The van der Waals surface area contributed by atoms with E-state index < -0.39 is 0 Å². The zero-order chi connectivity index (χ0) is 27.3. The zero-order valence-electron chi connectivity index (χ0n) is 22.4. The molecule has 1 aliphatic carbocycles. The molecule has 0 amide bonds. The van der Waals surface area contributed by atoms with Crippen LogP contribution in [-0.2, 0) is 4.79 Å². The molecule has 0 bridgehead atoms. The molecule has 4 aromatic rings. The standard InChI is InChI=1S/C32H30ClN3O3/c1-18-5-12-24(13-6-18)36-32-29(19(2)35-36)30(20-7-10-23(33)11-8-20)31-25(34-32)15-22(16-26(31)37)21-9-14-27(38-3)28(17-21)39-4/h5-14,17,22,30,34H,15-16H2,1-4H3/t22-,30-/m1/s1. The quantitative estimate of drug-likeness (QED) is 0.292. The molecule has 7 heteroatoms. The van der Waals surface area contributed by atoms with Gasteiger partial charge in [0.25, 0.3) is 0 Å². The van der Waals surface area contributed by atoms with E-state index in [4.69, 9.17) is 26.2 Å². The lowest BCUT2D eigenvalue weighted by molar-refractivity contribution is -0.116. The fourth-order valence-corrected chi connectivity index (χ4v) is 6.01. The Morgan fingerprint density at radius 3 is 2.28 bits per heavy atom. The molecule has 0 fully saturated rings. The van der Waals surface area contributed by atoms with Gasteiger partial charge >= 0.3 is 0 Å². The van der Waals surface area contributed by atoms with Gasteiger partial charge in [-0.3, -0.25) is 4.79 Å². The molecule has 198 valence electrons. The van der Waals surface area contributed by atoms with Crippen LogP contribution in [0.2, 0.25) is 5.02 Å². The lowest BCUT2D eigenvalue weighted by atomic mass is 9.72. The van der Waals surface area contributed by atoms with E-state index in [9.17, 15) is 4.79 Å². The minimum atomic E-state index is -0.230. The van der Waals surface area contributed by atoms with Gasteiger partial charge in [-0.05, 0) is 73.7 Å². The summed E-state index contributed by atoms with van der Waals surface area (Å²) in [5, 5.41) is 9.28. The molecule has 1 aromatic heterocycles. The second-order valence-electron chi connectivity index (χ2n) is 10.2. The first-order chi connectivity index (χ1) is 18.9. The van der Waals surface area contributed by atoms with Crippen molar-refractivity contribution < 1.29 is 14.3 Å². The third-order valence-corrected chi connectivity index (χ3v) is 8.07.